The van der Waals surface area contributed by atoms with Crippen molar-refractivity contribution in [2.24, 2.45) is 0 Å². The molecule has 1 aromatic carbocycles. The largest absolute Gasteiger partial charge is 0.504 e. The third-order valence-electron chi connectivity index (χ3n) is 4.58. The molecule has 0 amide bonds. The van der Waals surface area contributed by atoms with Crippen LogP contribution < -0.4 is 10.6 Å². The molecular weight excluding hydrogens is 280 g/mol. The average Bonchev–Trinajstić information content (AvgIpc) is 2.53. The Morgan fingerprint density at radius 3 is 2.82 bits per heavy atom. The van der Waals surface area contributed by atoms with Crippen molar-refractivity contribution in [1.29, 1.82) is 0 Å². The predicted octanol–water partition coefficient (Wildman–Crippen LogP) is 2.30. The molecular formula is C17H18N2O3. The van der Waals surface area contributed by atoms with Gasteiger partial charge in [0.25, 0.3) is 0 Å². The zero-order chi connectivity index (χ0) is 15.3. The molecule has 1 aromatic rings. The molecule has 114 valence electrons. The summed E-state index contributed by atoms with van der Waals surface area (Å²) < 4.78 is 0. The van der Waals surface area contributed by atoms with Crippen molar-refractivity contribution in [3.8, 4) is 17.2 Å². The summed E-state index contributed by atoms with van der Waals surface area (Å²) in [4.78, 5) is 0. The monoisotopic (exact) mass is 298 g/mol. The summed E-state index contributed by atoms with van der Waals surface area (Å²) in [5.74, 6) is -1.10. The first-order valence-corrected chi connectivity index (χ1v) is 7.51. The van der Waals surface area contributed by atoms with E-state index in [-0.39, 0.29) is 23.7 Å². The lowest BCUT2D eigenvalue weighted by molar-refractivity contribution is 0.343. The van der Waals surface area contributed by atoms with Gasteiger partial charge in [0.2, 0.25) is 5.75 Å². The van der Waals surface area contributed by atoms with Crippen molar-refractivity contribution in [3.63, 3.8) is 0 Å². The Morgan fingerprint density at radius 2 is 1.95 bits per heavy atom. The highest BCUT2D eigenvalue weighted by atomic mass is 16.3. The van der Waals surface area contributed by atoms with Gasteiger partial charge in [0.15, 0.2) is 11.5 Å². The van der Waals surface area contributed by atoms with Crippen LogP contribution in [0.2, 0.25) is 0 Å². The van der Waals surface area contributed by atoms with Gasteiger partial charge >= 0.3 is 0 Å². The fourth-order valence-corrected chi connectivity index (χ4v) is 3.51. The molecule has 5 heteroatoms. The third kappa shape index (κ3) is 1.89. The maximum Gasteiger partial charge on any atom is 0.200 e. The number of allylic oxidation sites excluding steroid dienone is 3. The normalized spacial score (nSPS) is 26.3. The maximum absolute atomic E-state index is 10.1. The van der Waals surface area contributed by atoms with Gasteiger partial charge in [-0.2, -0.15) is 0 Å². The standard InChI is InChI=1S/C17H18N2O3/c20-13-8-7-10(15(21)16(13)22)17-18-11-5-1-3-9-4-2-6-12(19-17)14(9)11/h1,3,6-8,11,17-22H,2,4-5H2. The summed E-state index contributed by atoms with van der Waals surface area (Å²) >= 11 is 0. The highest BCUT2D eigenvalue weighted by Gasteiger charge is 2.34. The molecule has 2 atom stereocenters. The fourth-order valence-electron chi connectivity index (χ4n) is 3.51. The van der Waals surface area contributed by atoms with E-state index in [1.165, 1.54) is 17.2 Å². The quantitative estimate of drug-likeness (QED) is 0.514. The molecule has 5 N–H and O–H groups in total. The average molecular weight is 298 g/mol. The molecule has 1 saturated heterocycles. The van der Waals surface area contributed by atoms with Crippen molar-refractivity contribution in [2.75, 3.05) is 0 Å². The Bertz CT molecular complexity index is 734. The van der Waals surface area contributed by atoms with Crippen LogP contribution in [-0.2, 0) is 0 Å². The number of aromatic hydroxyl groups is 3. The van der Waals surface area contributed by atoms with E-state index < -0.39 is 5.75 Å². The summed E-state index contributed by atoms with van der Waals surface area (Å²) in [6.45, 7) is 0. The maximum atomic E-state index is 10.1. The van der Waals surface area contributed by atoms with E-state index in [9.17, 15) is 15.3 Å². The Balaban J connectivity index is 1.73. The molecule has 1 aliphatic heterocycles. The SMILES string of the molecule is Oc1ccc(C2NC3=CCCC4=C3C(CC=C4)N2)c(O)c1O. The van der Waals surface area contributed by atoms with E-state index in [0.717, 1.165) is 25.0 Å². The highest BCUT2D eigenvalue weighted by molar-refractivity contribution is 5.56. The number of hydrogen-bond donors (Lipinski definition) is 5. The van der Waals surface area contributed by atoms with Gasteiger partial charge < -0.3 is 20.6 Å². The zero-order valence-corrected chi connectivity index (χ0v) is 12.0. The molecule has 0 bridgehead atoms. The van der Waals surface area contributed by atoms with Crippen LogP contribution in [0.25, 0.3) is 0 Å². The second kappa shape index (κ2) is 4.81. The lowest BCUT2D eigenvalue weighted by Gasteiger charge is -2.40. The van der Waals surface area contributed by atoms with Crippen LogP contribution in [0.5, 0.6) is 17.2 Å². The van der Waals surface area contributed by atoms with E-state index >= 15 is 0 Å². The minimum Gasteiger partial charge on any atom is -0.504 e. The number of hydrogen-bond acceptors (Lipinski definition) is 5. The van der Waals surface area contributed by atoms with Crippen LogP contribution in [0, 0.1) is 0 Å². The summed E-state index contributed by atoms with van der Waals surface area (Å²) in [6, 6.07) is 3.21. The Hall–Kier alpha value is -2.40. The number of benzene rings is 1. The van der Waals surface area contributed by atoms with Gasteiger partial charge in [0.05, 0.1) is 0 Å². The smallest absolute Gasteiger partial charge is 0.200 e. The number of phenolic OH excluding ortho intramolecular Hbond substituents is 3. The second-order valence-electron chi connectivity index (χ2n) is 5.90. The summed E-state index contributed by atoms with van der Waals surface area (Å²) in [5, 5.41) is 36.2. The fraction of sp³-hybridized carbons (Fsp3) is 0.294. The second-order valence-corrected chi connectivity index (χ2v) is 5.90. The first-order chi connectivity index (χ1) is 10.6. The molecule has 0 saturated carbocycles. The summed E-state index contributed by atoms with van der Waals surface area (Å²) in [6.07, 6.45) is 9.22. The lowest BCUT2D eigenvalue weighted by Crippen LogP contribution is -2.49. The van der Waals surface area contributed by atoms with Crippen molar-refractivity contribution in [3.05, 3.63) is 52.8 Å². The van der Waals surface area contributed by atoms with Crippen LogP contribution in [0.1, 0.15) is 31.0 Å². The van der Waals surface area contributed by atoms with Crippen LogP contribution >= 0.6 is 0 Å². The van der Waals surface area contributed by atoms with Crippen molar-refractivity contribution in [1.82, 2.24) is 10.6 Å². The molecule has 5 nitrogen and oxygen atoms in total. The molecule has 0 aromatic heterocycles. The van der Waals surface area contributed by atoms with Gasteiger partial charge in [-0.25, -0.2) is 0 Å². The van der Waals surface area contributed by atoms with E-state index in [4.69, 9.17) is 0 Å². The van der Waals surface area contributed by atoms with Crippen LogP contribution in [0.3, 0.4) is 0 Å². The Morgan fingerprint density at radius 1 is 1.09 bits per heavy atom. The molecule has 1 heterocycles. The van der Waals surface area contributed by atoms with E-state index in [1.54, 1.807) is 6.07 Å². The van der Waals surface area contributed by atoms with Gasteiger partial charge in [-0.15, -0.1) is 0 Å². The molecule has 0 radical (unpaired) electrons. The van der Waals surface area contributed by atoms with Gasteiger partial charge in [-0.05, 0) is 42.5 Å². The van der Waals surface area contributed by atoms with E-state index in [2.05, 4.69) is 28.9 Å². The Labute approximate surface area is 128 Å². The zero-order valence-electron chi connectivity index (χ0n) is 12.0. The minimum atomic E-state index is -0.482. The van der Waals surface area contributed by atoms with Crippen molar-refractivity contribution >= 4 is 0 Å². The summed E-state index contributed by atoms with van der Waals surface area (Å²) in [5.41, 5.74) is 4.31. The van der Waals surface area contributed by atoms with Gasteiger partial charge in [-0.1, -0.05) is 18.2 Å². The molecule has 22 heavy (non-hydrogen) atoms. The number of nitrogens with one attached hydrogen (secondary N) is 2. The summed E-state index contributed by atoms with van der Waals surface area (Å²) in [7, 11) is 0. The van der Waals surface area contributed by atoms with Gasteiger partial charge in [0.1, 0.15) is 6.17 Å². The molecule has 2 aliphatic carbocycles. The first kappa shape index (κ1) is 13.3. The molecule has 3 aliphatic rings. The van der Waals surface area contributed by atoms with Gasteiger partial charge in [0, 0.05) is 17.3 Å². The minimum absolute atomic E-state index is 0.202. The Kier molecular flexibility index (Phi) is 2.90. The molecule has 4 rings (SSSR count). The van der Waals surface area contributed by atoms with Crippen molar-refractivity contribution in [2.45, 2.75) is 31.5 Å². The molecule has 0 spiro atoms. The molecule has 1 fully saturated rings. The van der Waals surface area contributed by atoms with Crippen molar-refractivity contribution < 1.29 is 15.3 Å². The number of rotatable bonds is 1. The van der Waals surface area contributed by atoms with Gasteiger partial charge in [-0.3, -0.25) is 5.32 Å². The highest BCUT2D eigenvalue weighted by Crippen LogP contribution is 2.42. The predicted molar refractivity (Wildman–Crippen MR) is 82.3 cm³/mol. The lowest BCUT2D eigenvalue weighted by atomic mass is 9.82. The topological polar surface area (TPSA) is 84.8 Å². The van der Waals surface area contributed by atoms with E-state index in [1.807, 2.05) is 0 Å². The molecule has 2 unspecified atom stereocenters. The first-order valence-electron chi connectivity index (χ1n) is 7.51. The number of phenols is 3. The van der Waals surface area contributed by atoms with Crippen LogP contribution in [-0.4, -0.2) is 21.4 Å². The van der Waals surface area contributed by atoms with Crippen LogP contribution in [0.4, 0.5) is 0 Å². The van der Waals surface area contributed by atoms with E-state index in [0.29, 0.717) is 5.56 Å². The van der Waals surface area contributed by atoms with Crippen LogP contribution in [0.15, 0.2) is 47.2 Å². The third-order valence-corrected chi connectivity index (χ3v) is 4.58.